The Bertz CT molecular complexity index is 1060. The van der Waals surface area contributed by atoms with Gasteiger partial charge in [-0.3, -0.25) is 14.2 Å². The van der Waals surface area contributed by atoms with Gasteiger partial charge < -0.3 is 9.72 Å². The van der Waals surface area contributed by atoms with Crippen molar-refractivity contribution in [3.63, 3.8) is 0 Å². The summed E-state index contributed by atoms with van der Waals surface area (Å²) in [6.45, 7) is 5.07. The maximum absolute atomic E-state index is 12.8. The van der Waals surface area contributed by atoms with Crippen LogP contribution in [0.25, 0.3) is 11.0 Å². The number of nitrogens with one attached hydrogen (secondary N) is 1. The van der Waals surface area contributed by atoms with Crippen LogP contribution in [0.2, 0.25) is 0 Å². The van der Waals surface area contributed by atoms with Crippen molar-refractivity contribution in [1.29, 1.82) is 0 Å². The standard InChI is InChI=1S/C18H18N4O4/c1-4-26-18(25)15-11(3)21-10(2)14(15)13(23)8-22-9-20-16-12(17(22)24)6-5-7-19-16/h5-7,9,21H,4,8H2,1-3H3. The van der Waals surface area contributed by atoms with Gasteiger partial charge in [0.25, 0.3) is 5.56 Å². The number of aryl methyl sites for hydroxylation is 2. The number of esters is 1. The predicted octanol–water partition coefficient (Wildman–Crippen LogP) is 1.80. The highest BCUT2D eigenvalue weighted by molar-refractivity contribution is 6.08. The quantitative estimate of drug-likeness (QED) is 0.553. The Morgan fingerprint density at radius 1 is 1.19 bits per heavy atom. The lowest BCUT2D eigenvalue weighted by Gasteiger charge is -2.08. The van der Waals surface area contributed by atoms with Gasteiger partial charge in [-0.25, -0.2) is 14.8 Å². The predicted molar refractivity (Wildman–Crippen MR) is 94.4 cm³/mol. The third kappa shape index (κ3) is 3.01. The maximum atomic E-state index is 12.8. The first-order valence-corrected chi connectivity index (χ1v) is 8.13. The smallest absolute Gasteiger partial charge is 0.340 e. The molecule has 0 spiro atoms. The van der Waals surface area contributed by atoms with E-state index in [1.54, 1.807) is 39.1 Å². The van der Waals surface area contributed by atoms with Gasteiger partial charge in [0.05, 0.1) is 29.7 Å². The normalized spacial score (nSPS) is 10.9. The lowest BCUT2D eigenvalue weighted by molar-refractivity contribution is 0.0522. The van der Waals surface area contributed by atoms with E-state index < -0.39 is 5.97 Å². The number of H-pyrrole nitrogens is 1. The van der Waals surface area contributed by atoms with Crippen LogP contribution in [-0.4, -0.2) is 37.9 Å². The molecule has 0 aliphatic heterocycles. The summed E-state index contributed by atoms with van der Waals surface area (Å²) in [7, 11) is 0. The number of Topliss-reactive ketones (excluding diaryl/α,β-unsaturated/α-hetero) is 1. The zero-order valence-electron chi connectivity index (χ0n) is 14.7. The Kier molecular flexibility index (Phi) is 4.66. The molecule has 3 aromatic heterocycles. The molecule has 0 fully saturated rings. The zero-order valence-corrected chi connectivity index (χ0v) is 14.7. The van der Waals surface area contributed by atoms with Crippen molar-refractivity contribution in [2.45, 2.75) is 27.3 Å². The Hall–Kier alpha value is -3.29. The Morgan fingerprint density at radius 3 is 2.65 bits per heavy atom. The SMILES string of the molecule is CCOC(=O)c1c(C)[nH]c(C)c1C(=O)Cn1cnc2ncccc2c1=O. The molecule has 3 heterocycles. The number of hydrogen-bond donors (Lipinski definition) is 1. The minimum Gasteiger partial charge on any atom is -0.462 e. The van der Waals surface area contributed by atoms with Crippen molar-refractivity contribution in [2.75, 3.05) is 6.61 Å². The van der Waals surface area contributed by atoms with E-state index in [9.17, 15) is 14.4 Å². The molecule has 0 aliphatic rings. The van der Waals surface area contributed by atoms with Gasteiger partial charge in [0.2, 0.25) is 0 Å². The lowest BCUT2D eigenvalue weighted by atomic mass is 10.0. The first-order chi connectivity index (χ1) is 12.4. The fourth-order valence-electron chi connectivity index (χ4n) is 2.93. The third-order valence-electron chi connectivity index (χ3n) is 4.04. The minimum absolute atomic E-state index is 0.206. The zero-order chi connectivity index (χ0) is 18.8. The molecule has 0 radical (unpaired) electrons. The van der Waals surface area contributed by atoms with Crippen LogP contribution in [0.15, 0.2) is 29.5 Å². The van der Waals surface area contributed by atoms with Crippen LogP contribution in [0, 0.1) is 13.8 Å². The van der Waals surface area contributed by atoms with Crippen LogP contribution >= 0.6 is 0 Å². The molecule has 0 aromatic carbocycles. The van der Waals surface area contributed by atoms with Crippen molar-refractivity contribution in [2.24, 2.45) is 0 Å². The molecular formula is C18H18N4O4. The Balaban J connectivity index is 2.00. The second-order valence-electron chi connectivity index (χ2n) is 5.82. The molecular weight excluding hydrogens is 336 g/mol. The Labute approximate surface area is 148 Å². The molecule has 0 amide bonds. The van der Waals surface area contributed by atoms with E-state index in [2.05, 4.69) is 15.0 Å². The van der Waals surface area contributed by atoms with Crippen LogP contribution in [0.1, 0.15) is 39.0 Å². The topological polar surface area (TPSA) is 107 Å². The number of fused-ring (bicyclic) bond motifs is 1. The van der Waals surface area contributed by atoms with Crippen LogP contribution < -0.4 is 5.56 Å². The molecule has 0 aliphatic carbocycles. The van der Waals surface area contributed by atoms with Crippen molar-refractivity contribution in [1.82, 2.24) is 19.5 Å². The summed E-state index contributed by atoms with van der Waals surface area (Å²) in [6, 6.07) is 3.24. The van der Waals surface area contributed by atoms with E-state index in [-0.39, 0.29) is 35.6 Å². The molecule has 1 N–H and O–H groups in total. The number of hydrogen-bond acceptors (Lipinski definition) is 6. The number of ether oxygens (including phenoxy) is 1. The number of pyridine rings is 1. The number of aromatic amines is 1. The number of carbonyl (C=O) groups is 2. The second kappa shape index (κ2) is 6.91. The number of ketones is 1. The van der Waals surface area contributed by atoms with Crippen LogP contribution in [0.5, 0.6) is 0 Å². The first kappa shape index (κ1) is 17.5. The fraction of sp³-hybridized carbons (Fsp3) is 0.278. The van der Waals surface area contributed by atoms with Crippen molar-refractivity contribution < 1.29 is 14.3 Å². The summed E-state index contributed by atoms with van der Waals surface area (Å²) in [5.74, 6) is -0.937. The molecule has 3 rings (SSSR count). The van der Waals surface area contributed by atoms with E-state index >= 15 is 0 Å². The third-order valence-corrected chi connectivity index (χ3v) is 4.04. The highest BCUT2D eigenvalue weighted by Gasteiger charge is 2.25. The molecule has 0 atom stereocenters. The van der Waals surface area contributed by atoms with Gasteiger partial charge >= 0.3 is 5.97 Å². The van der Waals surface area contributed by atoms with E-state index in [1.807, 2.05) is 0 Å². The van der Waals surface area contributed by atoms with Crippen LogP contribution in [-0.2, 0) is 11.3 Å². The number of rotatable bonds is 5. The van der Waals surface area contributed by atoms with Gasteiger partial charge in [-0.15, -0.1) is 0 Å². The summed E-state index contributed by atoms with van der Waals surface area (Å²) < 4.78 is 6.26. The molecule has 26 heavy (non-hydrogen) atoms. The van der Waals surface area contributed by atoms with E-state index in [1.165, 1.54) is 10.9 Å². The average Bonchev–Trinajstić information content (AvgIpc) is 2.92. The van der Waals surface area contributed by atoms with Gasteiger partial charge in [0, 0.05) is 17.6 Å². The van der Waals surface area contributed by atoms with Gasteiger partial charge in [-0.2, -0.15) is 0 Å². The molecule has 134 valence electrons. The van der Waals surface area contributed by atoms with Gasteiger partial charge in [0.1, 0.15) is 6.33 Å². The van der Waals surface area contributed by atoms with E-state index in [0.717, 1.165) is 0 Å². The summed E-state index contributed by atoms with van der Waals surface area (Å²) in [6.07, 6.45) is 2.83. The van der Waals surface area contributed by atoms with Crippen molar-refractivity contribution in [3.8, 4) is 0 Å². The van der Waals surface area contributed by atoms with Crippen molar-refractivity contribution in [3.05, 3.63) is 57.5 Å². The molecule has 0 saturated heterocycles. The van der Waals surface area contributed by atoms with Gasteiger partial charge in [0.15, 0.2) is 11.4 Å². The highest BCUT2D eigenvalue weighted by Crippen LogP contribution is 2.20. The molecule has 3 aromatic rings. The monoisotopic (exact) mass is 354 g/mol. The van der Waals surface area contributed by atoms with Gasteiger partial charge in [-0.1, -0.05) is 0 Å². The Morgan fingerprint density at radius 2 is 1.92 bits per heavy atom. The number of carbonyl (C=O) groups excluding carboxylic acids is 2. The molecule has 0 bridgehead atoms. The molecule has 0 unspecified atom stereocenters. The van der Waals surface area contributed by atoms with E-state index in [0.29, 0.717) is 22.4 Å². The number of nitrogens with zero attached hydrogens (tertiary/aromatic N) is 3. The van der Waals surface area contributed by atoms with Crippen molar-refractivity contribution >= 4 is 22.8 Å². The lowest BCUT2D eigenvalue weighted by Crippen LogP contribution is -2.26. The largest absolute Gasteiger partial charge is 0.462 e. The van der Waals surface area contributed by atoms with Crippen LogP contribution in [0.3, 0.4) is 0 Å². The maximum Gasteiger partial charge on any atom is 0.340 e. The fourth-order valence-corrected chi connectivity index (χ4v) is 2.93. The number of aromatic nitrogens is 4. The molecule has 8 heteroatoms. The molecule has 8 nitrogen and oxygen atoms in total. The summed E-state index contributed by atoms with van der Waals surface area (Å²) in [5.41, 5.74) is 1.51. The first-order valence-electron chi connectivity index (χ1n) is 8.13. The highest BCUT2D eigenvalue weighted by atomic mass is 16.5. The van der Waals surface area contributed by atoms with E-state index in [4.69, 9.17) is 4.74 Å². The average molecular weight is 354 g/mol. The minimum atomic E-state index is -0.564. The summed E-state index contributed by atoms with van der Waals surface area (Å²) >= 11 is 0. The summed E-state index contributed by atoms with van der Waals surface area (Å²) in [4.78, 5) is 48.7. The van der Waals surface area contributed by atoms with Crippen LogP contribution in [0.4, 0.5) is 0 Å². The molecule has 0 saturated carbocycles. The summed E-state index contributed by atoms with van der Waals surface area (Å²) in [5, 5.41) is 0.329. The van der Waals surface area contributed by atoms with Gasteiger partial charge in [-0.05, 0) is 32.9 Å². The second-order valence-corrected chi connectivity index (χ2v) is 5.82.